The lowest BCUT2D eigenvalue weighted by Gasteiger charge is -2.54. The van der Waals surface area contributed by atoms with Crippen molar-refractivity contribution < 1.29 is 9.53 Å². The van der Waals surface area contributed by atoms with E-state index in [1.807, 2.05) is 6.92 Å². The largest absolute Gasteiger partial charge is 0.450 e. The standard InChI is InChI=1S/C21H41N3O2/c1-10-26-17(25)24(15-11-18(2,3)22-19(4,5)12-15)16-13-20(6,7)23-21(8,9)14-16/h15-16,22-23H,10-14H2,1-9H3. The lowest BCUT2D eigenvalue weighted by molar-refractivity contribution is -0.00309. The lowest BCUT2D eigenvalue weighted by Crippen LogP contribution is -2.67. The van der Waals surface area contributed by atoms with Crippen molar-refractivity contribution in [2.45, 2.75) is 122 Å². The summed E-state index contributed by atoms with van der Waals surface area (Å²) >= 11 is 0. The molecule has 26 heavy (non-hydrogen) atoms. The van der Waals surface area contributed by atoms with Gasteiger partial charge in [-0.3, -0.25) is 0 Å². The number of hydrogen-bond donors (Lipinski definition) is 2. The molecular formula is C21H41N3O2. The number of carbonyl (C=O) groups is 1. The van der Waals surface area contributed by atoms with E-state index >= 15 is 0 Å². The minimum atomic E-state index is -0.149. The Balaban J connectivity index is 2.36. The number of nitrogens with zero attached hydrogens (tertiary/aromatic N) is 1. The molecule has 2 heterocycles. The average molecular weight is 368 g/mol. The van der Waals surface area contributed by atoms with Crippen LogP contribution in [-0.2, 0) is 4.74 Å². The molecule has 0 aromatic carbocycles. The van der Waals surface area contributed by atoms with E-state index in [2.05, 4.69) is 70.9 Å². The van der Waals surface area contributed by atoms with E-state index in [0.717, 1.165) is 25.7 Å². The molecule has 5 nitrogen and oxygen atoms in total. The van der Waals surface area contributed by atoms with E-state index in [4.69, 9.17) is 4.74 Å². The van der Waals surface area contributed by atoms with Crippen molar-refractivity contribution in [2.24, 2.45) is 0 Å². The summed E-state index contributed by atoms with van der Waals surface area (Å²) in [4.78, 5) is 15.1. The molecule has 0 bridgehead atoms. The number of amides is 1. The van der Waals surface area contributed by atoms with E-state index in [1.54, 1.807) is 0 Å². The normalized spacial score (nSPS) is 27.7. The van der Waals surface area contributed by atoms with E-state index in [9.17, 15) is 4.79 Å². The Morgan fingerprint density at radius 3 is 1.38 bits per heavy atom. The lowest BCUT2D eigenvalue weighted by atomic mass is 9.75. The van der Waals surface area contributed by atoms with Crippen LogP contribution >= 0.6 is 0 Å². The van der Waals surface area contributed by atoms with Crippen molar-refractivity contribution in [1.29, 1.82) is 0 Å². The zero-order valence-corrected chi connectivity index (χ0v) is 18.5. The summed E-state index contributed by atoms with van der Waals surface area (Å²) in [6.07, 6.45) is 3.63. The number of piperidine rings is 2. The molecule has 2 rings (SSSR count). The van der Waals surface area contributed by atoms with Gasteiger partial charge in [0.25, 0.3) is 0 Å². The first-order valence-corrected chi connectivity index (χ1v) is 10.2. The fourth-order valence-corrected chi connectivity index (χ4v) is 5.72. The van der Waals surface area contributed by atoms with Crippen molar-refractivity contribution in [3.8, 4) is 0 Å². The quantitative estimate of drug-likeness (QED) is 0.790. The van der Waals surface area contributed by atoms with Crippen LogP contribution in [0.3, 0.4) is 0 Å². The minimum absolute atomic E-state index is 0.00485. The Kier molecular flexibility index (Phi) is 5.76. The molecule has 2 saturated heterocycles. The predicted molar refractivity (Wildman–Crippen MR) is 107 cm³/mol. The third-order valence-corrected chi connectivity index (χ3v) is 5.60. The molecule has 2 aliphatic rings. The van der Waals surface area contributed by atoms with Gasteiger partial charge in [-0.2, -0.15) is 0 Å². The van der Waals surface area contributed by atoms with E-state index in [0.29, 0.717) is 6.61 Å². The topological polar surface area (TPSA) is 53.6 Å². The Morgan fingerprint density at radius 1 is 0.808 bits per heavy atom. The molecule has 0 unspecified atom stereocenters. The maximum Gasteiger partial charge on any atom is 0.410 e. The van der Waals surface area contributed by atoms with Gasteiger partial charge in [-0.15, -0.1) is 0 Å². The smallest absolute Gasteiger partial charge is 0.410 e. The molecule has 2 fully saturated rings. The van der Waals surface area contributed by atoms with Crippen LogP contribution in [0.1, 0.15) is 88.0 Å². The second kappa shape index (κ2) is 6.97. The van der Waals surface area contributed by atoms with Gasteiger partial charge < -0.3 is 20.3 Å². The number of rotatable bonds is 3. The zero-order chi connectivity index (χ0) is 20.0. The van der Waals surface area contributed by atoms with Crippen LogP contribution in [0, 0.1) is 0 Å². The third-order valence-electron chi connectivity index (χ3n) is 5.60. The Labute approximate surface area is 160 Å². The van der Waals surface area contributed by atoms with E-state index < -0.39 is 0 Å². The maximum atomic E-state index is 13.0. The molecule has 0 saturated carbocycles. The van der Waals surface area contributed by atoms with Crippen LogP contribution in [0.4, 0.5) is 4.79 Å². The zero-order valence-electron chi connectivity index (χ0n) is 18.5. The monoisotopic (exact) mass is 367 g/mol. The van der Waals surface area contributed by atoms with Crippen LogP contribution in [0.5, 0.6) is 0 Å². The molecule has 1 amide bonds. The van der Waals surface area contributed by atoms with Crippen LogP contribution in [0.2, 0.25) is 0 Å². The molecule has 5 heteroatoms. The van der Waals surface area contributed by atoms with Gasteiger partial charge in [0.15, 0.2) is 0 Å². The van der Waals surface area contributed by atoms with Gasteiger partial charge in [0.2, 0.25) is 0 Å². The van der Waals surface area contributed by atoms with Crippen molar-refractivity contribution in [3.63, 3.8) is 0 Å². The molecule has 0 spiro atoms. The summed E-state index contributed by atoms with van der Waals surface area (Å²) in [6, 6.07) is 0.380. The fraction of sp³-hybridized carbons (Fsp3) is 0.952. The third kappa shape index (κ3) is 5.35. The van der Waals surface area contributed by atoms with Crippen molar-refractivity contribution >= 4 is 6.09 Å². The van der Waals surface area contributed by atoms with Gasteiger partial charge in [0.1, 0.15) is 0 Å². The predicted octanol–water partition coefficient (Wildman–Crippen LogP) is 4.06. The highest BCUT2D eigenvalue weighted by Gasteiger charge is 2.47. The Morgan fingerprint density at radius 2 is 1.12 bits per heavy atom. The SMILES string of the molecule is CCOC(=O)N(C1CC(C)(C)NC(C)(C)C1)C1CC(C)(C)NC(C)(C)C1. The first kappa shape index (κ1) is 21.5. The molecule has 0 aliphatic carbocycles. The highest BCUT2D eigenvalue weighted by Crippen LogP contribution is 2.38. The molecule has 2 N–H and O–H groups in total. The highest BCUT2D eigenvalue weighted by atomic mass is 16.6. The van der Waals surface area contributed by atoms with Gasteiger partial charge in [0.05, 0.1) is 6.61 Å². The second-order valence-electron chi connectivity index (χ2n) is 11.0. The van der Waals surface area contributed by atoms with Crippen molar-refractivity contribution in [1.82, 2.24) is 15.5 Å². The number of ether oxygens (including phenoxy) is 1. The first-order valence-electron chi connectivity index (χ1n) is 10.2. The number of nitrogens with one attached hydrogen (secondary N) is 2. The summed E-state index contributed by atoms with van der Waals surface area (Å²) in [5.41, 5.74) is -0.0194. The van der Waals surface area contributed by atoms with Gasteiger partial charge >= 0.3 is 6.09 Å². The Bertz CT molecular complexity index is 455. The van der Waals surface area contributed by atoms with Crippen LogP contribution in [0.15, 0.2) is 0 Å². The summed E-state index contributed by atoms with van der Waals surface area (Å²) in [5.74, 6) is 0. The molecule has 0 aromatic rings. The molecule has 0 atom stereocenters. The van der Waals surface area contributed by atoms with Gasteiger partial charge in [0, 0.05) is 34.2 Å². The minimum Gasteiger partial charge on any atom is -0.450 e. The van der Waals surface area contributed by atoms with Crippen molar-refractivity contribution in [2.75, 3.05) is 6.61 Å². The van der Waals surface area contributed by atoms with Crippen molar-refractivity contribution in [3.05, 3.63) is 0 Å². The second-order valence-corrected chi connectivity index (χ2v) is 11.0. The highest BCUT2D eigenvalue weighted by molar-refractivity contribution is 5.68. The van der Waals surface area contributed by atoms with Gasteiger partial charge in [-0.25, -0.2) is 4.79 Å². The molecule has 0 radical (unpaired) electrons. The number of hydrogen-bond acceptors (Lipinski definition) is 4. The summed E-state index contributed by atoms with van der Waals surface area (Å²) in [5, 5.41) is 7.46. The molecule has 0 aromatic heterocycles. The molecule has 152 valence electrons. The average Bonchev–Trinajstić information content (AvgIpc) is 2.30. The van der Waals surface area contributed by atoms with Gasteiger partial charge in [-0.05, 0) is 88.0 Å². The van der Waals surface area contributed by atoms with Crippen LogP contribution in [-0.4, -0.2) is 51.8 Å². The van der Waals surface area contributed by atoms with Gasteiger partial charge in [-0.1, -0.05) is 0 Å². The summed E-state index contributed by atoms with van der Waals surface area (Å²) in [7, 11) is 0. The molecular weight excluding hydrogens is 326 g/mol. The van der Waals surface area contributed by atoms with Crippen LogP contribution in [0.25, 0.3) is 0 Å². The first-order chi connectivity index (χ1) is 11.7. The fourth-order valence-electron chi connectivity index (χ4n) is 5.72. The summed E-state index contributed by atoms with van der Waals surface area (Å²) < 4.78 is 5.53. The maximum absolute atomic E-state index is 13.0. The Hall–Kier alpha value is -0.810. The van der Waals surface area contributed by atoms with Crippen LogP contribution < -0.4 is 10.6 Å². The van der Waals surface area contributed by atoms with E-state index in [1.165, 1.54) is 0 Å². The summed E-state index contributed by atoms with van der Waals surface area (Å²) in [6.45, 7) is 20.2. The number of carbonyl (C=O) groups excluding carboxylic acids is 1. The van der Waals surface area contributed by atoms with E-state index in [-0.39, 0.29) is 40.3 Å². The molecule has 2 aliphatic heterocycles.